The van der Waals surface area contributed by atoms with Crippen LogP contribution in [0.4, 0.5) is 0 Å². The van der Waals surface area contributed by atoms with E-state index in [9.17, 15) is 0 Å². The molecule has 0 amide bonds. The van der Waals surface area contributed by atoms with Crippen molar-refractivity contribution in [2.24, 2.45) is 0 Å². The number of hydrogen-bond donors (Lipinski definition) is 1. The lowest BCUT2D eigenvalue weighted by atomic mass is 10.2. The van der Waals surface area contributed by atoms with Crippen LogP contribution in [0.5, 0.6) is 0 Å². The van der Waals surface area contributed by atoms with Crippen LogP contribution in [0.3, 0.4) is 0 Å². The Labute approximate surface area is 58.2 Å². The Morgan fingerprint density at radius 3 is 2.44 bits per heavy atom. The summed E-state index contributed by atoms with van der Waals surface area (Å²) in [6, 6.07) is 0.581. The van der Waals surface area contributed by atoms with Crippen molar-refractivity contribution in [1.29, 1.82) is 0 Å². The van der Waals surface area contributed by atoms with E-state index in [1.807, 2.05) is 0 Å². The van der Waals surface area contributed by atoms with Crippen LogP contribution in [-0.4, -0.2) is 6.04 Å². The first kappa shape index (κ1) is 8.54. The van der Waals surface area contributed by atoms with Crippen LogP contribution in [0.15, 0.2) is 12.3 Å². The first-order valence-corrected chi connectivity index (χ1v) is 3.65. The summed E-state index contributed by atoms with van der Waals surface area (Å²) in [5.41, 5.74) is 1.14. The van der Waals surface area contributed by atoms with Gasteiger partial charge in [0.15, 0.2) is 0 Å². The van der Waals surface area contributed by atoms with Gasteiger partial charge >= 0.3 is 0 Å². The summed E-state index contributed by atoms with van der Waals surface area (Å²) in [5.74, 6) is 0. The van der Waals surface area contributed by atoms with Gasteiger partial charge in [0.1, 0.15) is 0 Å². The average Bonchev–Trinajstić information content (AvgIpc) is 1.87. The molecule has 0 fully saturated rings. The van der Waals surface area contributed by atoms with Crippen LogP contribution < -0.4 is 5.32 Å². The molecule has 1 nitrogen and oxygen atoms in total. The van der Waals surface area contributed by atoms with E-state index in [1.165, 1.54) is 6.42 Å². The largest absolute Gasteiger partial charge is 0.386 e. The first-order chi connectivity index (χ1) is 4.20. The Morgan fingerprint density at radius 1 is 1.56 bits per heavy atom. The summed E-state index contributed by atoms with van der Waals surface area (Å²) < 4.78 is 0. The van der Waals surface area contributed by atoms with Crippen LogP contribution in [0.25, 0.3) is 0 Å². The molecule has 0 aromatic rings. The van der Waals surface area contributed by atoms with Crippen LogP contribution in [0.2, 0.25) is 0 Å². The Morgan fingerprint density at radius 2 is 2.11 bits per heavy atom. The van der Waals surface area contributed by atoms with Crippen molar-refractivity contribution in [2.45, 2.75) is 39.7 Å². The first-order valence-electron chi connectivity index (χ1n) is 3.65. The minimum absolute atomic E-state index is 0.581. The molecule has 1 N–H and O–H groups in total. The van der Waals surface area contributed by atoms with Gasteiger partial charge < -0.3 is 5.32 Å². The second kappa shape index (κ2) is 4.42. The van der Waals surface area contributed by atoms with Gasteiger partial charge in [-0.2, -0.15) is 0 Å². The maximum Gasteiger partial charge on any atom is 0.0227 e. The summed E-state index contributed by atoms with van der Waals surface area (Å²) in [5, 5.41) is 3.28. The van der Waals surface area contributed by atoms with E-state index in [-0.39, 0.29) is 0 Å². The van der Waals surface area contributed by atoms with Crippen molar-refractivity contribution >= 4 is 0 Å². The van der Waals surface area contributed by atoms with Crippen molar-refractivity contribution in [3.05, 3.63) is 12.3 Å². The van der Waals surface area contributed by atoms with Crippen molar-refractivity contribution in [3.8, 4) is 0 Å². The molecule has 0 spiro atoms. The summed E-state index contributed by atoms with van der Waals surface area (Å²) in [6.45, 7) is 10.3. The van der Waals surface area contributed by atoms with Crippen molar-refractivity contribution in [2.75, 3.05) is 0 Å². The summed E-state index contributed by atoms with van der Waals surface area (Å²) in [6.07, 6.45) is 2.20. The molecule has 1 heteroatoms. The minimum atomic E-state index is 0.581. The molecule has 0 aliphatic heterocycles. The number of nitrogens with one attached hydrogen (secondary N) is 1. The quantitative estimate of drug-likeness (QED) is 0.611. The van der Waals surface area contributed by atoms with Crippen molar-refractivity contribution in [1.82, 2.24) is 5.32 Å². The highest BCUT2D eigenvalue weighted by atomic mass is 14.9. The fourth-order valence-electron chi connectivity index (χ4n) is 0.553. The van der Waals surface area contributed by atoms with Crippen LogP contribution in [-0.2, 0) is 0 Å². The molecule has 0 rings (SSSR count). The van der Waals surface area contributed by atoms with Crippen molar-refractivity contribution < 1.29 is 0 Å². The molecule has 0 saturated carbocycles. The van der Waals surface area contributed by atoms with E-state index >= 15 is 0 Å². The molecule has 0 saturated heterocycles. The van der Waals surface area contributed by atoms with E-state index in [0.29, 0.717) is 6.04 Å². The lowest BCUT2D eigenvalue weighted by molar-refractivity contribution is 0.585. The third kappa shape index (κ3) is 4.07. The Balaban J connectivity index is 3.34. The SMILES string of the molecule is C=C(CC)N[C@@H](C)CC. The minimum Gasteiger partial charge on any atom is -0.386 e. The summed E-state index contributed by atoms with van der Waals surface area (Å²) in [7, 11) is 0. The molecule has 54 valence electrons. The summed E-state index contributed by atoms with van der Waals surface area (Å²) in [4.78, 5) is 0. The number of rotatable bonds is 4. The zero-order valence-corrected chi connectivity index (χ0v) is 6.70. The van der Waals surface area contributed by atoms with E-state index < -0.39 is 0 Å². The van der Waals surface area contributed by atoms with E-state index in [4.69, 9.17) is 0 Å². The van der Waals surface area contributed by atoms with Crippen LogP contribution in [0, 0.1) is 0 Å². The molecular weight excluding hydrogens is 110 g/mol. The van der Waals surface area contributed by atoms with Crippen LogP contribution in [0.1, 0.15) is 33.6 Å². The average molecular weight is 127 g/mol. The van der Waals surface area contributed by atoms with Gasteiger partial charge in [0.25, 0.3) is 0 Å². The molecule has 0 aliphatic carbocycles. The predicted octanol–water partition coefficient (Wildman–Crippen LogP) is 2.30. The van der Waals surface area contributed by atoms with Gasteiger partial charge in [0, 0.05) is 11.7 Å². The lowest BCUT2D eigenvalue weighted by Crippen LogP contribution is -2.23. The molecule has 0 heterocycles. The van der Waals surface area contributed by atoms with Gasteiger partial charge in [-0.1, -0.05) is 20.4 Å². The van der Waals surface area contributed by atoms with Crippen molar-refractivity contribution in [3.63, 3.8) is 0 Å². The zero-order chi connectivity index (χ0) is 7.28. The lowest BCUT2D eigenvalue weighted by Gasteiger charge is -2.13. The Hall–Kier alpha value is -0.460. The fourth-order valence-corrected chi connectivity index (χ4v) is 0.553. The Kier molecular flexibility index (Phi) is 4.20. The third-order valence-corrected chi connectivity index (χ3v) is 1.49. The van der Waals surface area contributed by atoms with Gasteiger partial charge in [-0.3, -0.25) is 0 Å². The van der Waals surface area contributed by atoms with Crippen LogP contribution >= 0.6 is 0 Å². The maximum absolute atomic E-state index is 3.85. The highest BCUT2D eigenvalue weighted by Gasteiger charge is 1.95. The third-order valence-electron chi connectivity index (χ3n) is 1.49. The topological polar surface area (TPSA) is 12.0 Å². The standard InChI is InChI=1S/C8H17N/c1-5-7(3)9-8(4)6-2/h8-9H,3,5-6H2,1-2,4H3/t8-/m0/s1. The molecule has 0 aromatic heterocycles. The van der Waals surface area contributed by atoms with Gasteiger partial charge in [0.2, 0.25) is 0 Å². The summed E-state index contributed by atoms with van der Waals surface area (Å²) >= 11 is 0. The fraction of sp³-hybridized carbons (Fsp3) is 0.750. The zero-order valence-electron chi connectivity index (χ0n) is 6.70. The molecule has 9 heavy (non-hydrogen) atoms. The van der Waals surface area contributed by atoms with E-state index in [0.717, 1.165) is 12.1 Å². The monoisotopic (exact) mass is 127 g/mol. The molecular formula is C8H17N. The molecule has 0 aromatic carbocycles. The molecule has 0 bridgehead atoms. The second-order valence-electron chi connectivity index (χ2n) is 2.41. The van der Waals surface area contributed by atoms with E-state index in [2.05, 4.69) is 32.7 Å². The second-order valence-corrected chi connectivity index (χ2v) is 2.41. The van der Waals surface area contributed by atoms with Gasteiger partial charge in [-0.15, -0.1) is 0 Å². The van der Waals surface area contributed by atoms with Gasteiger partial charge in [-0.05, 0) is 19.8 Å². The smallest absolute Gasteiger partial charge is 0.0227 e. The number of hydrogen-bond acceptors (Lipinski definition) is 1. The van der Waals surface area contributed by atoms with Gasteiger partial charge in [0.05, 0.1) is 0 Å². The molecule has 1 atom stereocenters. The number of allylic oxidation sites excluding steroid dienone is 1. The molecule has 0 radical (unpaired) electrons. The predicted molar refractivity (Wildman–Crippen MR) is 42.3 cm³/mol. The maximum atomic E-state index is 3.85. The molecule has 0 unspecified atom stereocenters. The Bertz CT molecular complexity index is 86.6. The highest BCUT2D eigenvalue weighted by Crippen LogP contribution is 1.95. The highest BCUT2D eigenvalue weighted by molar-refractivity contribution is 4.90. The van der Waals surface area contributed by atoms with Gasteiger partial charge in [-0.25, -0.2) is 0 Å². The van der Waals surface area contributed by atoms with E-state index in [1.54, 1.807) is 0 Å². The molecule has 0 aliphatic rings. The normalized spacial score (nSPS) is 12.8.